The van der Waals surface area contributed by atoms with Crippen molar-refractivity contribution in [1.29, 1.82) is 0 Å². The molecule has 2 unspecified atom stereocenters. The Balaban J connectivity index is 2.30. The molecule has 1 aliphatic heterocycles. The van der Waals surface area contributed by atoms with E-state index < -0.39 is 0 Å². The molecule has 1 fully saturated rings. The molecule has 1 N–H and O–H groups in total. The fraction of sp³-hybridized carbons (Fsp3) is 1.00. The van der Waals surface area contributed by atoms with Gasteiger partial charge in [0.25, 0.3) is 0 Å². The highest BCUT2D eigenvalue weighted by Crippen LogP contribution is 2.18. The lowest BCUT2D eigenvalue weighted by Crippen LogP contribution is -2.41. The van der Waals surface area contributed by atoms with Gasteiger partial charge in [0.2, 0.25) is 0 Å². The summed E-state index contributed by atoms with van der Waals surface area (Å²) < 4.78 is 5.62. The van der Waals surface area contributed by atoms with Crippen molar-refractivity contribution in [3.63, 3.8) is 0 Å². The molecule has 0 aromatic heterocycles. The van der Waals surface area contributed by atoms with E-state index >= 15 is 0 Å². The fourth-order valence-corrected chi connectivity index (χ4v) is 1.86. The summed E-state index contributed by atoms with van der Waals surface area (Å²) in [6.07, 6.45) is 3.20. The zero-order valence-electron chi connectivity index (χ0n) is 7.76. The Morgan fingerprint density at radius 3 is 2.27 bits per heavy atom. The van der Waals surface area contributed by atoms with Gasteiger partial charge in [0.15, 0.2) is 0 Å². The smallest absolute Gasteiger partial charge is 0.0565 e. The van der Waals surface area contributed by atoms with Gasteiger partial charge in [-0.25, -0.2) is 0 Å². The van der Waals surface area contributed by atoms with Crippen LogP contribution in [0, 0.1) is 0 Å². The third-order valence-corrected chi connectivity index (χ3v) is 2.19. The number of rotatable bonds is 2. The third-order valence-electron chi connectivity index (χ3n) is 2.19. The lowest BCUT2D eigenvalue weighted by Gasteiger charge is -2.32. The van der Waals surface area contributed by atoms with Gasteiger partial charge in [0.1, 0.15) is 0 Å². The predicted molar refractivity (Wildman–Crippen MR) is 46.7 cm³/mol. The van der Waals surface area contributed by atoms with Crippen molar-refractivity contribution in [2.45, 2.75) is 51.9 Å². The molecule has 1 saturated heterocycles. The summed E-state index contributed by atoms with van der Waals surface area (Å²) in [5, 5.41) is 3.47. The Labute approximate surface area is 69.3 Å². The number of ether oxygens (including phenoxy) is 1. The highest BCUT2D eigenvalue weighted by Gasteiger charge is 2.22. The first-order chi connectivity index (χ1) is 5.22. The molecule has 66 valence electrons. The van der Waals surface area contributed by atoms with Crippen molar-refractivity contribution >= 4 is 0 Å². The van der Waals surface area contributed by atoms with Crippen molar-refractivity contribution in [1.82, 2.24) is 5.32 Å². The first kappa shape index (κ1) is 9.01. The van der Waals surface area contributed by atoms with Gasteiger partial charge < -0.3 is 10.1 Å². The Kier molecular flexibility index (Phi) is 3.34. The van der Waals surface area contributed by atoms with Crippen LogP contribution >= 0.6 is 0 Å². The molecule has 2 nitrogen and oxygen atoms in total. The van der Waals surface area contributed by atoms with Crippen LogP contribution < -0.4 is 5.32 Å². The van der Waals surface area contributed by atoms with Crippen molar-refractivity contribution in [3.05, 3.63) is 0 Å². The lowest BCUT2D eigenvalue weighted by atomic mass is 10.00. The number of nitrogens with one attached hydrogen (secondary N) is 1. The maximum Gasteiger partial charge on any atom is 0.0565 e. The molecule has 0 bridgehead atoms. The van der Waals surface area contributed by atoms with Gasteiger partial charge in [-0.3, -0.25) is 0 Å². The zero-order chi connectivity index (χ0) is 8.27. The summed E-state index contributed by atoms with van der Waals surface area (Å²) >= 11 is 0. The van der Waals surface area contributed by atoms with Crippen LogP contribution in [0.4, 0.5) is 0 Å². The number of hydrogen-bond donors (Lipinski definition) is 1. The molecular formula is C9H19NO. The van der Waals surface area contributed by atoms with Crippen molar-refractivity contribution in [3.8, 4) is 0 Å². The molecule has 0 spiro atoms. The molecule has 2 heteroatoms. The molecule has 0 aromatic rings. The van der Waals surface area contributed by atoms with E-state index in [0.29, 0.717) is 18.2 Å². The first-order valence-corrected chi connectivity index (χ1v) is 4.61. The predicted octanol–water partition coefficient (Wildman–Crippen LogP) is 1.55. The van der Waals surface area contributed by atoms with E-state index in [1.165, 1.54) is 0 Å². The van der Waals surface area contributed by atoms with Crippen LogP contribution in [0.2, 0.25) is 0 Å². The Hall–Kier alpha value is -0.0800. The highest BCUT2D eigenvalue weighted by molar-refractivity contribution is 4.77. The third kappa shape index (κ3) is 2.80. The standard InChI is InChI=1S/C9H19NO/c1-4-10-9-5-7(2)11-8(3)6-9/h7-10H,4-6H2,1-3H3. The summed E-state index contributed by atoms with van der Waals surface area (Å²) in [5.74, 6) is 0. The maximum atomic E-state index is 5.62. The van der Waals surface area contributed by atoms with E-state index in [1.54, 1.807) is 0 Å². The van der Waals surface area contributed by atoms with Crippen LogP contribution in [-0.4, -0.2) is 24.8 Å². The molecule has 0 aliphatic carbocycles. The van der Waals surface area contributed by atoms with Crippen LogP contribution in [0.5, 0.6) is 0 Å². The second-order valence-corrected chi connectivity index (χ2v) is 3.48. The molecule has 0 radical (unpaired) electrons. The first-order valence-electron chi connectivity index (χ1n) is 4.61. The SMILES string of the molecule is CCNC1CC(C)OC(C)C1. The normalized spacial score (nSPS) is 39.0. The molecule has 11 heavy (non-hydrogen) atoms. The summed E-state index contributed by atoms with van der Waals surface area (Å²) in [4.78, 5) is 0. The zero-order valence-corrected chi connectivity index (χ0v) is 7.76. The monoisotopic (exact) mass is 157 g/mol. The Morgan fingerprint density at radius 1 is 1.27 bits per heavy atom. The maximum absolute atomic E-state index is 5.62. The summed E-state index contributed by atoms with van der Waals surface area (Å²) in [7, 11) is 0. The van der Waals surface area contributed by atoms with Gasteiger partial charge in [-0.15, -0.1) is 0 Å². The van der Waals surface area contributed by atoms with E-state index in [2.05, 4.69) is 26.1 Å². The quantitative estimate of drug-likeness (QED) is 0.656. The van der Waals surface area contributed by atoms with Gasteiger partial charge >= 0.3 is 0 Å². The van der Waals surface area contributed by atoms with Crippen LogP contribution in [0.25, 0.3) is 0 Å². The van der Waals surface area contributed by atoms with Gasteiger partial charge in [0, 0.05) is 6.04 Å². The van der Waals surface area contributed by atoms with E-state index in [4.69, 9.17) is 4.74 Å². The van der Waals surface area contributed by atoms with E-state index in [0.717, 1.165) is 19.4 Å². The Bertz CT molecular complexity index is 106. The average Bonchev–Trinajstić information content (AvgIpc) is 1.85. The second-order valence-electron chi connectivity index (χ2n) is 3.48. The van der Waals surface area contributed by atoms with Crippen LogP contribution in [0.15, 0.2) is 0 Å². The molecule has 0 amide bonds. The number of hydrogen-bond acceptors (Lipinski definition) is 2. The van der Waals surface area contributed by atoms with Gasteiger partial charge in [0.05, 0.1) is 12.2 Å². The molecule has 0 aromatic carbocycles. The minimum absolute atomic E-state index is 0.433. The fourth-order valence-electron chi connectivity index (χ4n) is 1.86. The van der Waals surface area contributed by atoms with Crippen LogP contribution in [-0.2, 0) is 4.74 Å². The summed E-state index contributed by atoms with van der Waals surface area (Å²) in [6.45, 7) is 7.54. The van der Waals surface area contributed by atoms with Crippen molar-refractivity contribution in [2.75, 3.05) is 6.54 Å². The average molecular weight is 157 g/mol. The highest BCUT2D eigenvalue weighted by atomic mass is 16.5. The second kappa shape index (κ2) is 4.07. The molecule has 1 rings (SSSR count). The van der Waals surface area contributed by atoms with Gasteiger partial charge in [-0.1, -0.05) is 6.92 Å². The molecule has 1 heterocycles. The molecular weight excluding hydrogens is 138 g/mol. The minimum atomic E-state index is 0.433. The van der Waals surface area contributed by atoms with E-state index in [1.807, 2.05) is 0 Å². The van der Waals surface area contributed by atoms with Crippen LogP contribution in [0.1, 0.15) is 33.6 Å². The summed E-state index contributed by atoms with van der Waals surface area (Å²) in [6, 6.07) is 0.679. The van der Waals surface area contributed by atoms with Crippen LogP contribution in [0.3, 0.4) is 0 Å². The molecule has 2 atom stereocenters. The molecule has 0 saturated carbocycles. The van der Waals surface area contributed by atoms with E-state index in [-0.39, 0.29) is 0 Å². The van der Waals surface area contributed by atoms with E-state index in [9.17, 15) is 0 Å². The largest absolute Gasteiger partial charge is 0.375 e. The van der Waals surface area contributed by atoms with Crippen molar-refractivity contribution in [2.24, 2.45) is 0 Å². The van der Waals surface area contributed by atoms with Gasteiger partial charge in [-0.2, -0.15) is 0 Å². The lowest BCUT2D eigenvalue weighted by molar-refractivity contribution is -0.0417. The minimum Gasteiger partial charge on any atom is -0.375 e. The summed E-state index contributed by atoms with van der Waals surface area (Å²) in [5.41, 5.74) is 0. The van der Waals surface area contributed by atoms with Gasteiger partial charge in [-0.05, 0) is 33.2 Å². The topological polar surface area (TPSA) is 21.3 Å². The Morgan fingerprint density at radius 2 is 1.82 bits per heavy atom. The van der Waals surface area contributed by atoms with Crippen molar-refractivity contribution < 1.29 is 4.74 Å². The molecule has 1 aliphatic rings.